The van der Waals surface area contributed by atoms with Gasteiger partial charge in [-0.25, -0.2) is 9.13 Å². The van der Waals surface area contributed by atoms with Gasteiger partial charge in [0.1, 0.15) is 18.9 Å². The lowest BCUT2D eigenvalue weighted by Crippen LogP contribution is -2.36. The monoisotopic (exact) mass is 169 g/mol. The molecule has 12 heavy (non-hydrogen) atoms. The lowest BCUT2D eigenvalue weighted by Gasteiger charge is -1.97. The van der Waals surface area contributed by atoms with Gasteiger partial charge >= 0.3 is 0 Å². The summed E-state index contributed by atoms with van der Waals surface area (Å²) in [7, 11) is 0. The maximum atomic E-state index is 9.11. The van der Waals surface area contributed by atoms with Gasteiger partial charge in [-0.3, -0.25) is 0 Å². The van der Waals surface area contributed by atoms with Crippen LogP contribution in [-0.2, 0) is 13.1 Å². The molecule has 0 spiro atoms. The van der Waals surface area contributed by atoms with Crippen LogP contribution in [0.15, 0.2) is 18.7 Å². The number of hydrogen-bond donors (Lipinski definition) is 1. The molecule has 1 aromatic heterocycles. The Kier molecular flexibility index (Phi) is 3.29. The molecule has 0 saturated carbocycles. The van der Waals surface area contributed by atoms with Crippen molar-refractivity contribution in [2.45, 2.75) is 39.5 Å². The maximum absolute atomic E-state index is 9.11. The molecular formula is C9H17N2O+. The van der Waals surface area contributed by atoms with Crippen LogP contribution in [0.1, 0.15) is 20.3 Å². The molecule has 0 aliphatic rings. The van der Waals surface area contributed by atoms with Gasteiger partial charge in [0, 0.05) is 0 Å². The average Bonchev–Trinajstić information content (AvgIpc) is 2.36. The summed E-state index contributed by atoms with van der Waals surface area (Å²) in [5.41, 5.74) is 0. The van der Waals surface area contributed by atoms with Gasteiger partial charge in [-0.15, -0.1) is 0 Å². The highest BCUT2D eigenvalue weighted by molar-refractivity contribution is 4.65. The third kappa shape index (κ3) is 2.66. The van der Waals surface area contributed by atoms with E-state index in [1.165, 1.54) is 0 Å². The molecule has 3 nitrogen and oxygen atoms in total. The second-order valence-electron chi connectivity index (χ2n) is 3.20. The average molecular weight is 169 g/mol. The van der Waals surface area contributed by atoms with Crippen LogP contribution in [0.2, 0.25) is 0 Å². The van der Waals surface area contributed by atoms with Gasteiger partial charge in [0.2, 0.25) is 6.33 Å². The fourth-order valence-corrected chi connectivity index (χ4v) is 1.24. The molecule has 0 aromatic carbocycles. The normalized spacial score (nSPS) is 13.2. The van der Waals surface area contributed by atoms with Crippen LogP contribution >= 0.6 is 0 Å². The highest BCUT2D eigenvalue weighted by Gasteiger charge is 2.04. The van der Waals surface area contributed by atoms with E-state index >= 15 is 0 Å². The van der Waals surface area contributed by atoms with Crippen molar-refractivity contribution in [3.05, 3.63) is 18.7 Å². The zero-order valence-corrected chi connectivity index (χ0v) is 7.77. The molecule has 0 amide bonds. The van der Waals surface area contributed by atoms with Gasteiger partial charge < -0.3 is 5.11 Å². The Labute approximate surface area is 73.3 Å². The Morgan fingerprint density at radius 1 is 1.58 bits per heavy atom. The van der Waals surface area contributed by atoms with E-state index in [0.29, 0.717) is 6.54 Å². The number of hydrogen-bond acceptors (Lipinski definition) is 1. The SMILES string of the molecule is CCCn1cc[n+](C[C@H](C)O)c1. The molecule has 1 atom stereocenters. The van der Waals surface area contributed by atoms with E-state index in [2.05, 4.69) is 11.5 Å². The first kappa shape index (κ1) is 9.26. The minimum atomic E-state index is -0.271. The van der Waals surface area contributed by atoms with Crippen LogP contribution in [-0.4, -0.2) is 15.8 Å². The van der Waals surface area contributed by atoms with Crippen LogP contribution in [0.4, 0.5) is 0 Å². The fraction of sp³-hybridized carbons (Fsp3) is 0.667. The summed E-state index contributed by atoms with van der Waals surface area (Å²) in [5.74, 6) is 0. The van der Waals surface area contributed by atoms with Gasteiger partial charge in [-0.2, -0.15) is 0 Å². The number of nitrogens with zero attached hydrogens (tertiary/aromatic N) is 2. The Balaban J connectivity index is 2.52. The molecule has 3 heteroatoms. The van der Waals surface area contributed by atoms with Crippen LogP contribution in [0, 0.1) is 0 Å². The Bertz CT molecular complexity index is 230. The number of aliphatic hydroxyl groups excluding tert-OH is 1. The lowest BCUT2D eigenvalue weighted by atomic mass is 10.4. The predicted molar refractivity (Wildman–Crippen MR) is 46.6 cm³/mol. The molecule has 0 unspecified atom stereocenters. The maximum Gasteiger partial charge on any atom is 0.243 e. The number of aromatic nitrogens is 2. The van der Waals surface area contributed by atoms with Crippen molar-refractivity contribution < 1.29 is 9.67 Å². The van der Waals surface area contributed by atoms with Crippen LogP contribution < -0.4 is 4.57 Å². The summed E-state index contributed by atoms with van der Waals surface area (Å²) in [4.78, 5) is 0. The van der Waals surface area contributed by atoms with Crippen molar-refractivity contribution in [2.24, 2.45) is 0 Å². The smallest absolute Gasteiger partial charge is 0.243 e. The molecule has 0 radical (unpaired) electrons. The summed E-state index contributed by atoms with van der Waals surface area (Å²) in [6.07, 6.45) is 6.92. The lowest BCUT2D eigenvalue weighted by molar-refractivity contribution is -0.702. The fourth-order valence-electron chi connectivity index (χ4n) is 1.24. The zero-order valence-electron chi connectivity index (χ0n) is 7.77. The second kappa shape index (κ2) is 4.26. The number of aryl methyl sites for hydroxylation is 1. The molecule has 1 heterocycles. The van der Waals surface area contributed by atoms with E-state index in [4.69, 9.17) is 5.11 Å². The Hall–Kier alpha value is -0.830. The van der Waals surface area contributed by atoms with E-state index in [9.17, 15) is 0 Å². The molecule has 0 aliphatic heterocycles. The first-order chi connectivity index (χ1) is 5.72. The number of imidazole rings is 1. The standard InChI is InChI=1S/C9H17N2O/c1-3-4-10-5-6-11(8-10)7-9(2)12/h5-6,8-9,12H,3-4,7H2,1-2H3/q+1/t9-/m0/s1. The molecule has 0 aliphatic carbocycles. The van der Waals surface area contributed by atoms with E-state index in [-0.39, 0.29) is 6.10 Å². The van der Waals surface area contributed by atoms with Crippen molar-refractivity contribution in [2.75, 3.05) is 0 Å². The third-order valence-corrected chi connectivity index (χ3v) is 1.70. The van der Waals surface area contributed by atoms with Crippen molar-refractivity contribution in [1.82, 2.24) is 4.57 Å². The van der Waals surface area contributed by atoms with Crippen molar-refractivity contribution >= 4 is 0 Å². The van der Waals surface area contributed by atoms with Gasteiger partial charge in [0.05, 0.1) is 12.6 Å². The minimum Gasteiger partial charge on any atom is -0.389 e. The highest BCUT2D eigenvalue weighted by Crippen LogP contribution is 1.88. The van der Waals surface area contributed by atoms with Crippen LogP contribution in [0.25, 0.3) is 0 Å². The van der Waals surface area contributed by atoms with E-state index in [1.54, 1.807) is 6.92 Å². The summed E-state index contributed by atoms with van der Waals surface area (Å²) in [6, 6.07) is 0. The largest absolute Gasteiger partial charge is 0.389 e. The van der Waals surface area contributed by atoms with Crippen LogP contribution in [0.3, 0.4) is 0 Å². The van der Waals surface area contributed by atoms with Crippen molar-refractivity contribution in [3.63, 3.8) is 0 Å². The topological polar surface area (TPSA) is 29.0 Å². The molecule has 1 N–H and O–H groups in total. The molecule has 0 bridgehead atoms. The second-order valence-corrected chi connectivity index (χ2v) is 3.20. The third-order valence-electron chi connectivity index (χ3n) is 1.70. The van der Waals surface area contributed by atoms with Crippen molar-refractivity contribution in [1.29, 1.82) is 0 Å². The quantitative estimate of drug-likeness (QED) is 0.656. The Morgan fingerprint density at radius 2 is 2.33 bits per heavy atom. The first-order valence-corrected chi connectivity index (χ1v) is 4.45. The van der Waals surface area contributed by atoms with E-state index in [1.807, 2.05) is 23.3 Å². The molecule has 68 valence electrons. The van der Waals surface area contributed by atoms with E-state index in [0.717, 1.165) is 13.0 Å². The summed E-state index contributed by atoms with van der Waals surface area (Å²) < 4.78 is 4.13. The van der Waals surface area contributed by atoms with Gasteiger partial charge in [0.25, 0.3) is 0 Å². The molecular weight excluding hydrogens is 152 g/mol. The van der Waals surface area contributed by atoms with E-state index < -0.39 is 0 Å². The number of rotatable bonds is 4. The molecule has 1 aromatic rings. The van der Waals surface area contributed by atoms with Gasteiger partial charge in [0.15, 0.2) is 0 Å². The zero-order chi connectivity index (χ0) is 8.97. The first-order valence-electron chi connectivity index (χ1n) is 4.45. The predicted octanol–water partition coefficient (Wildman–Crippen LogP) is 0.566. The van der Waals surface area contributed by atoms with Crippen LogP contribution in [0.5, 0.6) is 0 Å². The Morgan fingerprint density at radius 3 is 2.92 bits per heavy atom. The van der Waals surface area contributed by atoms with Gasteiger partial charge in [-0.1, -0.05) is 6.92 Å². The highest BCUT2D eigenvalue weighted by atomic mass is 16.3. The van der Waals surface area contributed by atoms with Crippen molar-refractivity contribution in [3.8, 4) is 0 Å². The summed E-state index contributed by atoms with van der Waals surface area (Å²) in [6.45, 7) is 5.67. The summed E-state index contributed by atoms with van der Waals surface area (Å²) >= 11 is 0. The summed E-state index contributed by atoms with van der Waals surface area (Å²) in [5, 5.41) is 9.11. The van der Waals surface area contributed by atoms with Gasteiger partial charge in [-0.05, 0) is 13.3 Å². The molecule has 1 rings (SSSR count). The minimum absolute atomic E-state index is 0.271. The molecule has 0 saturated heterocycles. The number of aliphatic hydroxyl groups is 1. The molecule has 0 fully saturated rings.